The zero-order chi connectivity index (χ0) is 52.2. The van der Waals surface area contributed by atoms with E-state index in [-0.39, 0.29) is 53.8 Å². The van der Waals surface area contributed by atoms with Gasteiger partial charge < -0.3 is 39.1 Å². The van der Waals surface area contributed by atoms with Crippen LogP contribution in [0.15, 0.2) is 59.7 Å². The first-order chi connectivity index (χ1) is 34.0. The molecule has 2 aromatic carbocycles. The Morgan fingerprint density at radius 3 is 1.39 bits per heavy atom. The Morgan fingerprint density at radius 2 is 1.00 bits per heavy atom. The summed E-state index contributed by atoms with van der Waals surface area (Å²) in [6, 6.07) is 15.6. The van der Waals surface area contributed by atoms with Gasteiger partial charge >= 0.3 is 18.2 Å². The first kappa shape index (κ1) is 54.1. The molecule has 1 N–H and O–H groups in total. The van der Waals surface area contributed by atoms with Crippen LogP contribution in [0.2, 0.25) is 0 Å². The summed E-state index contributed by atoms with van der Waals surface area (Å²) in [6.07, 6.45) is 8.57. The second kappa shape index (κ2) is 22.6. The molecule has 4 aliphatic carbocycles. The van der Waals surface area contributed by atoms with Gasteiger partial charge in [0.05, 0.1) is 6.10 Å². The molecule has 14 nitrogen and oxygen atoms in total. The minimum Gasteiger partial charge on any atom is -0.461 e. The van der Waals surface area contributed by atoms with Crippen LogP contribution in [0, 0.1) is 23.7 Å². The van der Waals surface area contributed by atoms with Crippen molar-refractivity contribution in [2.45, 2.75) is 162 Å². The summed E-state index contributed by atoms with van der Waals surface area (Å²) in [6.45, 7) is 17.2. The van der Waals surface area contributed by atoms with Gasteiger partial charge in [0, 0.05) is 72.0 Å². The molecular weight excluding hydrogens is 911 g/mol. The lowest BCUT2D eigenvalue weighted by Gasteiger charge is -2.39. The van der Waals surface area contributed by atoms with E-state index in [9.17, 15) is 28.8 Å². The second-order valence-corrected chi connectivity index (χ2v) is 23.5. The Balaban J connectivity index is 0.000000212. The van der Waals surface area contributed by atoms with Gasteiger partial charge in [0.15, 0.2) is 0 Å². The molecule has 2 saturated carbocycles. The number of nitrogens with one attached hydrogen (secondary N) is 1. The number of esters is 1. The van der Waals surface area contributed by atoms with Crippen molar-refractivity contribution in [2.75, 3.05) is 47.3 Å². The SMILES string of the molecule is CC(C)OC(=O)[C@@H]1CC2=C(Cc3ccccc32)CN1C(=O)C1CCC(CN(C)C(=O)OC(C)(C)C)CC1.CNC(=O)[C@@H]1CC2=C(Cc3ccccc32)CN1C(=O)C1CCC(CN(C)C(=O)OC(C)(C)C)CC1. The molecule has 0 bridgehead atoms. The van der Waals surface area contributed by atoms with Crippen molar-refractivity contribution in [3.8, 4) is 0 Å². The maximum Gasteiger partial charge on any atom is 0.410 e. The number of rotatable bonds is 9. The highest BCUT2D eigenvalue weighted by Crippen LogP contribution is 2.43. The van der Waals surface area contributed by atoms with Crippen molar-refractivity contribution in [1.29, 1.82) is 0 Å². The quantitative estimate of drug-likeness (QED) is 0.191. The lowest BCUT2D eigenvalue weighted by Crippen LogP contribution is -2.53. The van der Waals surface area contributed by atoms with Crippen LogP contribution in [0.3, 0.4) is 0 Å². The number of ether oxygens (including phenoxy) is 3. The number of hydrogen-bond donors (Lipinski definition) is 1. The predicted molar refractivity (Wildman–Crippen MR) is 278 cm³/mol. The van der Waals surface area contributed by atoms with E-state index in [1.807, 2.05) is 78.5 Å². The van der Waals surface area contributed by atoms with Crippen molar-refractivity contribution in [3.05, 3.63) is 81.9 Å². The van der Waals surface area contributed by atoms with Crippen molar-refractivity contribution < 1.29 is 43.0 Å². The average Bonchev–Trinajstić information content (AvgIpc) is 3.89. The Kier molecular flexibility index (Phi) is 17.0. The fraction of sp³-hybridized carbons (Fsp3) is 0.621. The fourth-order valence-corrected chi connectivity index (χ4v) is 11.7. The fourth-order valence-electron chi connectivity index (χ4n) is 11.7. The number of nitrogens with zero attached hydrogens (tertiary/aromatic N) is 4. The van der Waals surface area contributed by atoms with Crippen LogP contribution in [0.1, 0.15) is 142 Å². The Bertz CT molecular complexity index is 2410. The van der Waals surface area contributed by atoms with E-state index in [1.165, 1.54) is 44.5 Å². The number of amides is 5. The van der Waals surface area contributed by atoms with Crippen LogP contribution in [-0.4, -0.2) is 132 Å². The Morgan fingerprint density at radius 1 is 0.611 bits per heavy atom. The van der Waals surface area contributed by atoms with Crippen LogP contribution < -0.4 is 5.32 Å². The minimum atomic E-state index is -0.587. The smallest absolute Gasteiger partial charge is 0.410 e. The normalized spacial score (nSPS) is 23.7. The number of carbonyl (C=O) groups excluding carboxylic acids is 6. The molecule has 6 aliphatic rings. The molecule has 0 saturated heterocycles. The maximum atomic E-state index is 13.8. The largest absolute Gasteiger partial charge is 0.461 e. The third-order valence-corrected chi connectivity index (χ3v) is 15.2. The highest BCUT2D eigenvalue weighted by Gasteiger charge is 2.44. The van der Waals surface area contributed by atoms with Crippen LogP contribution in [0.25, 0.3) is 11.1 Å². The predicted octanol–water partition coefficient (Wildman–Crippen LogP) is 9.24. The third kappa shape index (κ3) is 13.1. The van der Waals surface area contributed by atoms with Gasteiger partial charge in [0.1, 0.15) is 23.3 Å². The van der Waals surface area contributed by atoms with Gasteiger partial charge in [-0.3, -0.25) is 14.4 Å². The highest BCUT2D eigenvalue weighted by atomic mass is 16.6. The molecule has 2 fully saturated rings. The van der Waals surface area contributed by atoms with Crippen LogP contribution in [0.5, 0.6) is 0 Å². The molecule has 72 heavy (non-hydrogen) atoms. The van der Waals surface area contributed by atoms with E-state index >= 15 is 0 Å². The number of hydrogen-bond acceptors (Lipinski definition) is 9. The number of fused-ring (bicyclic) bond motifs is 4. The Hall–Kier alpha value is -5.66. The molecule has 2 heterocycles. The van der Waals surface area contributed by atoms with Gasteiger partial charge in [0.25, 0.3) is 0 Å². The van der Waals surface area contributed by atoms with Gasteiger partial charge in [-0.1, -0.05) is 48.5 Å². The van der Waals surface area contributed by atoms with Gasteiger partial charge in [-0.05, 0) is 176 Å². The summed E-state index contributed by atoms with van der Waals surface area (Å²) in [5, 5.41) is 2.78. The highest BCUT2D eigenvalue weighted by molar-refractivity contribution is 5.94. The van der Waals surface area contributed by atoms with Gasteiger partial charge in [-0.15, -0.1) is 0 Å². The molecule has 0 aromatic heterocycles. The first-order valence-electron chi connectivity index (χ1n) is 26.5. The molecule has 2 aliphatic heterocycles. The third-order valence-electron chi connectivity index (χ3n) is 15.2. The number of carbonyl (C=O) groups is 6. The summed E-state index contributed by atoms with van der Waals surface area (Å²) in [5.41, 5.74) is 8.94. The molecule has 2 aromatic rings. The number of benzene rings is 2. The summed E-state index contributed by atoms with van der Waals surface area (Å²) >= 11 is 0. The molecule has 392 valence electrons. The zero-order valence-corrected chi connectivity index (χ0v) is 44.9. The maximum absolute atomic E-state index is 13.8. The molecular formula is C58H81N5O9. The molecule has 8 rings (SSSR count). The van der Waals surface area contributed by atoms with E-state index in [1.54, 1.807) is 35.8 Å². The van der Waals surface area contributed by atoms with Crippen LogP contribution in [-0.2, 0) is 46.2 Å². The van der Waals surface area contributed by atoms with Crippen molar-refractivity contribution in [1.82, 2.24) is 24.9 Å². The second-order valence-electron chi connectivity index (χ2n) is 23.5. The summed E-state index contributed by atoms with van der Waals surface area (Å²) in [5.74, 6) is 0.259. The van der Waals surface area contributed by atoms with Crippen LogP contribution >= 0.6 is 0 Å². The van der Waals surface area contributed by atoms with Crippen molar-refractivity contribution >= 4 is 47.0 Å². The van der Waals surface area contributed by atoms with Crippen molar-refractivity contribution in [2.24, 2.45) is 23.7 Å². The molecule has 0 spiro atoms. The Labute approximate surface area is 428 Å². The number of likely N-dealkylation sites (N-methyl/N-ethyl adjacent to an activating group) is 1. The molecule has 0 radical (unpaired) electrons. The molecule has 2 atom stereocenters. The van der Waals surface area contributed by atoms with Gasteiger partial charge in [0.2, 0.25) is 17.7 Å². The van der Waals surface area contributed by atoms with E-state index < -0.39 is 23.3 Å². The monoisotopic (exact) mass is 992 g/mol. The lowest BCUT2D eigenvalue weighted by molar-refractivity contribution is -0.159. The summed E-state index contributed by atoms with van der Waals surface area (Å²) in [7, 11) is 5.19. The van der Waals surface area contributed by atoms with E-state index in [2.05, 4.69) is 35.6 Å². The standard InChI is InChI=1S/C30H42N2O5.C28H39N3O4/c1-19(2)36-28(34)26-16-25-23(15-22-9-7-8-10-24(22)25)18-32(26)27(33)21-13-11-20(12-14-21)17-31(6)29(35)37-30(3,4)5;1-28(2,3)35-27(34)30(5)16-18-10-12-19(13-11-18)26(33)31-17-21-14-20-8-6-7-9-22(20)23(21)15-24(31)25(32)29-4/h7-10,19-21,26H,11-18H2,1-6H3;6-9,18-19,24H,10-17H2,1-5H3,(H,29,32)/t20?,21?,26-;18?,19?,24-/m00/s1. The molecule has 0 unspecified atom stereocenters. The van der Waals surface area contributed by atoms with E-state index in [4.69, 9.17) is 14.2 Å². The minimum absolute atomic E-state index is 0.0622. The average molecular weight is 992 g/mol. The lowest BCUT2D eigenvalue weighted by atomic mass is 9.80. The zero-order valence-electron chi connectivity index (χ0n) is 44.9. The van der Waals surface area contributed by atoms with Crippen LogP contribution in [0.4, 0.5) is 9.59 Å². The van der Waals surface area contributed by atoms with E-state index in [0.717, 1.165) is 64.2 Å². The topological polar surface area (TPSA) is 155 Å². The first-order valence-corrected chi connectivity index (χ1v) is 26.5. The van der Waals surface area contributed by atoms with Gasteiger partial charge in [-0.25, -0.2) is 14.4 Å². The summed E-state index contributed by atoms with van der Waals surface area (Å²) < 4.78 is 16.6. The summed E-state index contributed by atoms with van der Waals surface area (Å²) in [4.78, 5) is 85.1. The molecule has 14 heteroatoms. The van der Waals surface area contributed by atoms with E-state index in [0.29, 0.717) is 50.9 Å². The molecule has 5 amide bonds. The van der Waals surface area contributed by atoms with Crippen molar-refractivity contribution in [3.63, 3.8) is 0 Å². The van der Waals surface area contributed by atoms with Gasteiger partial charge in [-0.2, -0.15) is 0 Å².